The molecule has 0 aliphatic heterocycles. The Balaban J connectivity index is 2.45. The van der Waals surface area contributed by atoms with E-state index in [0.29, 0.717) is 11.6 Å². The van der Waals surface area contributed by atoms with Crippen molar-refractivity contribution in [1.82, 2.24) is 9.78 Å². The molecule has 0 saturated heterocycles. The molecule has 0 amide bonds. The smallest absolute Gasteiger partial charge is 0.0926 e. The minimum atomic E-state index is 0.490. The highest BCUT2D eigenvalue weighted by Crippen LogP contribution is 2.21. The first kappa shape index (κ1) is 10.2. The van der Waals surface area contributed by atoms with E-state index in [9.17, 15) is 0 Å². The highest BCUT2D eigenvalue weighted by atomic mass is 35.5. The molecule has 3 nitrogen and oxygen atoms in total. The van der Waals surface area contributed by atoms with E-state index in [4.69, 9.17) is 17.3 Å². The lowest BCUT2D eigenvalue weighted by atomic mass is 10.1. The molecular weight excluding hydrogens is 210 g/mol. The summed E-state index contributed by atoms with van der Waals surface area (Å²) in [6.45, 7) is 0.490. The SMILES string of the molecule is Cn1nc(-c2cccc(Cl)c2)cc1CN. The van der Waals surface area contributed by atoms with E-state index in [1.807, 2.05) is 37.4 Å². The maximum atomic E-state index is 5.92. The average Bonchev–Trinajstić information content (AvgIpc) is 2.60. The van der Waals surface area contributed by atoms with Gasteiger partial charge in [-0.05, 0) is 18.2 Å². The lowest BCUT2D eigenvalue weighted by Gasteiger charge is -1.96. The summed E-state index contributed by atoms with van der Waals surface area (Å²) in [5, 5.41) is 5.09. The van der Waals surface area contributed by atoms with Crippen molar-refractivity contribution in [2.75, 3.05) is 0 Å². The minimum absolute atomic E-state index is 0.490. The summed E-state index contributed by atoms with van der Waals surface area (Å²) in [4.78, 5) is 0. The van der Waals surface area contributed by atoms with E-state index in [2.05, 4.69) is 5.10 Å². The third-order valence-electron chi connectivity index (χ3n) is 2.31. The maximum Gasteiger partial charge on any atom is 0.0926 e. The van der Waals surface area contributed by atoms with Gasteiger partial charge in [-0.3, -0.25) is 4.68 Å². The Hall–Kier alpha value is -1.32. The first-order valence-corrected chi connectivity index (χ1v) is 5.07. The van der Waals surface area contributed by atoms with Crippen LogP contribution in [-0.2, 0) is 13.6 Å². The van der Waals surface area contributed by atoms with Crippen molar-refractivity contribution < 1.29 is 0 Å². The number of nitrogens with zero attached hydrogens (tertiary/aromatic N) is 2. The molecule has 0 aliphatic rings. The van der Waals surface area contributed by atoms with Gasteiger partial charge in [-0.2, -0.15) is 5.10 Å². The zero-order chi connectivity index (χ0) is 10.8. The van der Waals surface area contributed by atoms with Crippen molar-refractivity contribution in [3.63, 3.8) is 0 Å². The Morgan fingerprint density at radius 1 is 1.40 bits per heavy atom. The Morgan fingerprint density at radius 3 is 2.80 bits per heavy atom. The minimum Gasteiger partial charge on any atom is -0.325 e. The van der Waals surface area contributed by atoms with Gasteiger partial charge in [-0.15, -0.1) is 0 Å². The highest BCUT2D eigenvalue weighted by Gasteiger charge is 2.05. The predicted octanol–water partition coefficient (Wildman–Crippen LogP) is 2.20. The fourth-order valence-electron chi connectivity index (χ4n) is 1.49. The number of halogens is 1. The van der Waals surface area contributed by atoms with E-state index < -0.39 is 0 Å². The van der Waals surface area contributed by atoms with E-state index in [1.165, 1.54) is 0 Å². The molecule has 0 bridgehead atoms. The number of rotatable bonds is 2. The third-order valence-corrected chi connectivity index (χ3v) is 2.54. The highest BCUT2D eigenvalue weighted by molar-refractivity contribution is 6.30. The maximum absolute atomic E-state index is 5.92. The van der Waals surface area contributed by atoms with E-state index in [0.717, 1.165) is 17.0 Å². The van der Waals surface area contributed by atoms with Crippen LogP contribution in [0.25, 0.3) is 11.3 Å². The van der Waals surface area contributed by atoms with Gasteiger partial charge in [0, 0.05) is 24.2 Å². The largest absolute Gasteiger partial charge is 0.325 e. The number of nitrogens with two attached hydrogens (primary N) is 1. The summed E-state index contributed by atoms with van der Waals surface area (Å²) < 4.78 is 1.79. The number of aromatic nitrogens is 2. The first-order chi connectivity index (χ1) is 7.20. The van der Waals surface area contributed by atoms with E-state index in [1.54, 1.807) is 4.68 Å². The first-order valence-electron chi connectivity index (χ1n) is 4.69. The molecule has 2 rings (SSSR count). The molecule has 0 atom stereocenters. The standard InChI is InChI=1S/C11H12ClN3/c1-15-10(7-13)6-11(14-15)8-3-2-4-9(12)5-8/h2-6H,7,13H2,1H3. The lowest BCUT2D eigenvalue weighted by Crippen LogP contribution is -2.03. The number of benzene rings is 1. The summed E-state index contributed by atoms with van der Waals surface area (Å²) in [5.74, 6) is 0. The quantitative estimate of drug-likeness (QED) is 0.845. The van der Waals surface area contributed by atoms with Crippen LogP contribution in [0.15, 0.2) is 30.3 Å². The molecule has 1 aromatic carbocycles. The molecule has 2 N–H and O–H groups in total. The van der Waals surface area contributed by atoms with Gasteiger partial charge in [0.1, 0.15) is 0 Å². The van der Waals surface area contributed by atoms with Gasteiger partial charge in [0.2, 0.25) is 0 Å². The fourth-order valence-corrected chi connectivity index (χ4v) is 1.68. The molecule has 0 unspecified atom stereocenters. The summed E-state index contributed by atoms with van der Waals surface area (Å²) in [6, 6.07) is 9.61. The van der Waals surface area contributed by atoms with Gasteiger partial charge in [-0.25, -0.2) is 0 Å². The van der Waals surface area contributed by atoms with Crippen LogP contribution in [0.2, 0.25) is 5.02 Å². The molecular formula is C11H12ClN3. The monoisotopic (exact) mass is 221 g/mol. The molecule has 15 heavy (non-hydrogen) atoms. The zero-order valence-electron chi connectivity index (χ0n) is 8.44. The van der Waals surface area contributed by atoms with Crippen LogP contribution in [0.3, 0.4) is 0 Å². The van der Waals surface area contributed by atoms with Crippen molar-refractivity contribution in [2.24, 2.45) is 12.8 Å². The van der Waals surface area contributed by atoms with Crippen molar-refractivity contribution in [2.45, 2.75) is 6.54 Å². The molecule has 0 saturated carbocycles. The second-order valence-corrected chi connectivity index (χ2v) is 3.80. The Labute approximate surface area is 93.5 Å². The third kappa shape index (κ3) is 2.03. The normalized spacial score (nSPS) is 10.6. The van der Waals surface area contributed by atoms with Crippen LogP contribution in [0.5, 0.6) is 0 Å². The van der Waals surface area contributed by atoms with Crippen molar-refractivity contribution in [1.29, 1.82) is 0 Å². The second-order valence-electron chi connectivity index (χ2n) is 3.36. The fraction of sp³-hybridized carbons (Fsp3) is 0.182. The summed E-state index contributed by atoms with van der Waals surface area (Å²) in [6.07, 6.45) is 0. The number of hydrogen-bond donors (Lipinski definition) is 1. The van der Waals surface area contributed by atoms with Crippen LogP contribution in [0.4, 0.5) is 0 Å². The molecule has 4 heteroatoms. The van der Waals surface area contributed by atoms with Crippen LogP contribution >= 0.6 is 11.6 Å². The second kappa shape index (κ2) is 4.04. The summed E-state index contributed by atoms with van der Waals surface area (Å²) in [7, 11) is 1.89. The van der Waals surface area contributed by atoms with E-state index >= 15 is 0 Å². The number of aryl methyl sites for hydroxylation is 1. The Morgan fingerprint density at radius 2 is 2.20 bits per heavy atom. The molecule has 0 fully saturated rings. The van der Waals surface area contributed by atoms with Gasteiger partial charge in [0.25, 0.3) is 0 Å². The number of hydrogen-bond acceptors (Lipinski definition) is 2. The van der Waals surface area contributed by atoms with Gasteiger partial charge < -0.3 is 5.73 Å². The van der Waals surface area contributed by atoms with Gasteiger partial charge in [-0.1, -0.05) is 23.7 Å². The summed E-state index contributed by atoms with van der Waals surface area (Å²) >= 11 is 5.92. The predicted molar refractivity (Wildman–Crippen MR) is 61.5 cm³/mol. The molecule has 0 radical (unpaired) electrons. The molecule has 78 valence electrons. The van der Waals surface area contributed by atoms with Crippen molar-refractivity contribution in [3.8, 4) is 11.3 Å². The van der Waals surface area contributed by atoms with Crippen molar-refractivity contribution in [3.05, 3.63) is 41.0 Å². The topological polar surface area (TPSA) is 43.8 Å². The van der Waals surface area contributed by atoms with E-state index in [-0.39, 0.29) is 0 Å². The van der Waals surface area contributed by atoms with Crippen LogP contribution < -0.4 is 5.73 Å². The van der Waals surface area contributed by atoms with Crippen LogP contribution in [0.1, 0.15) is 5.69 Å². The molecule has 1 aromatic heterocycles. The average molecular weight is 222 g/mol. The Kier molecular flexibility index (Phi) is 2.75. The van der Waals surface area contributed by atoms with Gasteiger partial charge >= 0.3 is 0 Å². The van der Waals surface area contributed by atoms with Gasteiger partial charge in [0.15, 0.2) is 0 Å². The zero-order valence-corrected chi connectivity index (χ0v) is 9.20. The lowest BCUT2D eigenvalue weighted by molar-refractivity contribution is 0.714. The van der Waals surface area contributed by atoms with Crippen LogP contribution in [0, 0.1) is 0 Å². The molecule has 2 aromatic rings. The summed E-state index contributed by atoms with van der Waals surface area (Å²) in [5.41, 5.74) is 8.50. The molecule has 0 spiro atoms. The molecule has 1 heterocycles. The Bertz CT molecular complexity index is 476. The van der Waals surface area contributed by atoms with Gasteiger partial charge in [0.05, 0.1) is 11.4 Å². The molecule has 0 aliphatic carbocycles. The van der Waals surface area contributed by atoms with Crippen LogP contribution in [-0.4, -0.2) is 9.78 Å². The van der Waals surface area contributed by atoms with Crippen molar-refractivity contribution >= 4 is 11.6 Å².